The molecule has 0 aromatic heterocycles. The van der Waals surface area contributed by atoms with Crippen molar-refractivity contribution in [2.24, 2.45) is 0 Å². The predicted octanol–water partition coefficient (Wildman–Crippen LogP) is 1.46. The van der Waals surface area contributed by atoms with Crippen LogP contribution in [0.1, 0.15) is 19.8 Å². The topological polar surface area (TPSA) is 58.6 Å². The summed E-state index contributed by atoms with van der Waals surface area (Å²) >= 11 is 0. The molecule has 0 heterocycles. The summed E-state index contributed by atoms with van der Waals surface area (Å²) in [4.78, 5) is 0.340. The standard InChI is InChI=1S/C14H22N2O3S/c1-3-16(12-4-5-12)20(17,18)14-8-6-13(7-9-14)19-11-10-15-2/h6-9,12,15H,3-5,10-11H2,1-2H3. The molecular weight excluding hydrogens is 276 g/mol. The van der Waals surface area contributed by atoms with E-state index < -0.39 is 10.0 Å². The highest BCUT2D eigenvalue weighted by atomic mass is 32.2. The summed E-state index contributed by atoms with van der Waals surface area (Å²) in [5, 5.41) is 2.99. The molecule has 112 valence electrons. The number of ether oxygens (including phenoxy) is 1. The van der Waals surface area contributed by atoms with Crippen LogP contribution in [0.5, 0.6) is 5.75 Å². The third kappa shape index (κ3) is 3.50. The van der Waals surface area contributed by atoms with Crippen LogP contribution in [-0.2, 0) is 10.0 Å². The fourth-order valence-corrected chi connectivity index (χ4v) is 3.80. The Bertz CT molecular complexity index is 524. The van der Waals surface area contributed by atoms with E-state index in [1.165, 1.54) is 0 Å². The number of nitrogens with one attached hydrogen (secondary N) is 1. The molecule has 1 fully saturated rings. The molecule has 0 amide bonds. The summed E-state index contributed by atoms with van der Waals surface area (Å²) in [5.74, 6) is 0.689. The van der Waals surface area contributed by atoms with Crippen molar-refractivity contribution in [1.82, 2.24) is 9.62 Å². The molecule has 0 radical (unpaired) electrons. The number of benzene rings is 1. The normalized spacial score (nSPS) is 15.6. The van der Waals surface area contributed by atoms with E-state index in [-0.39, 0.29) is 6.04 Å². The van der Waals surface area contributed by atoms with Gasteiger partial charge >= 0.3 is 0 Å². The van der Waals surface area contributed by atoms with E-state index in [2.05, 4.69) is 5.32 Å². The maximum Gasteiger partial charge on any atom is 0.243 e. The van der Waals surface area contributed by atoms with Crippen molar-refractivity contribution in [2.45, 2.75) is 30.7 Å². The van der Waals surface area contributed by atoms with Crippen molar-refractivity contribution in [1.29, 1.82) is 0 Å². The quantitative estimate of drug-likeness (QED) is 0.738. The van der Waals surface area contributed by atoms with Gasteiger partial charge in [0.2, 0.25) is 10.0 Å². The van der Waals surface area contributed by atoms with Crippen molar-refractivity contribution in [3.05, 3.63) is 24.3 Å². The zero-order valence-corrected chi connectivity index (χ0v) is 12.8. The average molecular weight is 298 g/mol. The first-order valence-electron chi connectivity index (χ1n) is 6.99. The molecule has 0 atom stereocenters. The van der Waals surface area contributed by atoms with Crippen molar-refractivity contribution < 1.29 is 13.2 Å². The van der Waals surface area contributed by atoms with Gasteiger partial charge in [-0.05, 0) is 44.2 Å². The fraction of sp³-hybridized carbons (Fsp3) is 0.571. The second-order valence-electron chi connectivity index (χ2n) is 4.86. The molecule has 1 aromatic rings. The molecule has 1 aromatic carbocycles. The lowest BCUT2D eigenvalue weighted by Gasteiger charge is -2.20. The van der Waals surface area contributed by atoms with E-state index in [1.54, 1.807) is 28.6 Å². The van der Waals surface area contributed by atoms with E-state index in [0.29, 0.717) is 23.8 Å². The van der Waals surface area contributed by atoms with Gasteiger partial charge in [0, 0.05) is 19.1 Å². The second kappa shape index (κ2) is 6.56. The molecule has 0 unspecified atom stereocenters. The maximum absolute atomic E-state index is 12.5. The van der Waals surface area contributed by atoms with Crippen LogP contribution in [-0.4, -0.2) is 45.5 Å². The number of hydrogen-bond donors (Lipinski definition) is 1. The first kappa shape index (κ1) is 15.3. The summed E-state index contributed by atoms with van der Waals surface area (Å²) in [6.45, 7) is 3.72. The molecule has 1 saturated carbocycles. The van der Waals surface area contributed by atoms with Gasteiger partial charge in [-0.3, -0.25) is 0 Å². The zero-order valence-electron chi connectivity index (χ0n) is 12.0. The fourth-order valence-electron chi connectivity index (χ4n) is 2.10. The lowest BCUT2D eigenvalue weighted by Crippen LogP contribution is -2.32. The largest absolute Gasteiger partial charge is 0.492 e. The molecule has 1 aliphatic rings. The predicted molar refractivity (Wildman–Crippen MR) is 78.5 cm³/mol. The smallest absolute Gasteiger partial charge is 0.243 e. The second-order valence-corrected chi connectivity index (χ2v) is 6.75. The Morgan fingerprint density at radius 2 is 1.95 bits per heavy atom. The van der Waals surface area contributed by atoms with E-state index in [9.17, 15) is 8.42 Å². The first-order valence-corrected chi connectivity index (χ1v) is 8.43. The van der Waals surface area contributed by atoms with Crippen LogP contribution in [0, 0.1) is 0 Å². The molecule has 20 heavy (non-hydrogen) atoms. The SMILES string of the molecule is CCN(C1CC1)S(=O)(=O)c1ccc(OCCNC)cc1. The minimum Gasteiger partial charge on any atom is -0.492 e. The van der Waals surface area contributed by atoms with Crippen molar-refractivity contribution in [3.63, 3.8) is 0 Å². The molecule has 0 bridgehead atoms. The number of rotatable bonds is 8. The van der Waals surface area contributed by atoms with Crippen molar-refractivity contribution in [3.8, 4) is 5.75 Å². The van der Waals surface area contributed by atoms with Crippen LogP contribution in [0.4, 0.5) is 0 Å². The summed E-state index contributed by atoms with van der Waals surface area (Å²) in [7, 11) is -1.51. The lowest BCUT2D eigenvalue weighted by molar-refractivity contribution is 0.318. The lowest BCUT2D eigenvalue weighted by atomic mass is 10.3. The Morgan fingerprint density at radius 1 is 1.30 bits per heavy atom. The van der Waals surface area contributed by atoms with E-state index in [4.69, 9.17) is 4.74 Å². The van der Waals surface area contributed by atoms with Crippen LogP contribution >= 0.6 is 0 Å². The summed E-state index contributed by atoms with van der Waals surface area (Å²) in [6.07, 6.45) is 1.94. The van der Waals surface area contributed by atoms with Crippen LogP contribution in [0.25, 0.3) is 0 Å². The highest BCUT2D eigenvalue weighted by molar-refractivity contribution is 7.89. The molecule has 5 nitrogen and oxygen atoms in total. The minimum atomic E-state index is -3.36. The van der Waals surface area contributed by atoms with E-state index in [0.717, 1.165) is 19.4 Å². The van der Waals surface area contributed by atoms with Crippen LogP contribution in [0.3, 0.4) is 0 Å². The molecular formula is C14H22N2O3S. The van der Waals surface area contributed by atoms with Gasteiger partial charge in [0.05, 0.1) is 4.90 Å². The van der Waals surface area contributed by atoms with E-state index in [1.807, 2.05) is 14.0 Å². The molecule has 6 heteroatoms. The monoisotopic (exact) mass is 298 g/mol. The third-order valence-electron chi connectivity index (χ3n) is 3.32. The first-order chi connectivity index (χ1) is 9.59. The average Bonchev–Trinajstić information content (AvgIpc) is 3.25. The summed E-state index contributed by atoms with van der Waals surface area (Å²) in [5.41, 5.74) is 0. The number of sulfonamides is 1. The van der Waals surface area contributed by atoms with Crippen LogP contribution in [0.15, 0.2) is 29.2 Å². The van der Waals surface area contributed by atoms with Gasteiger partial charge < -0.3 is 10.1 Å². The summed E-state index contributed by atoms with van der Waals surface area (Å²) in [6, 6.07) is 6.85. The molecule has 1 N–H and O–H groups in total. The van der Waals surface area contributed by atoms with Gasteiger partial charge in [-0.15, -0.1) is 0 Å². The van der Waals surface area contributed by atoms with Crippen molar-refractivity contribution >= 4 is 10.0 Å². The Labute approximate surface area is 121 Å². The van der Waals surface area contributed by atoms with Gasteiger partial charge in [-0.1, -0.05) is 6.92 Å². The van der Waals surface area contributed by atoms with Crippen molar-refractivity contribution in [2.75, 3.05) is 26.7 Å². The highest BCUT2D eigenvalue weighted by Crippen LogP contribution is 2.32. The van der Waals surface area contributed by atoms with Crippen LogP contribution < -0.4 is 10.1 Å². The molecule has 1 aliphatic carbocycles. The molecule has 0 spiro atoms. The number of likely N-dealkylation sites (N-methyl/N-ethyl adjacent to an activating group) is 1. The molecule has 0 aliphatic heterocycles. The number of nitrogens with zero attached hydrogens (tertiary/aromatic N) is 1. The third-order valence-corrected chi connectivity index (χ3v) is 5.36. The number of hydrogen-bond acceptors (Lipinski definition) is 4. The van der Waals surface area contributed by atoms with Gasteiger partial charge in [-0.25, -0.2) is 8.42 Å². The van der Waals surface area contributed by atoms with Gasteiger partial charge in [0.1, 0.15) is 12.4 Å². The van der Waals surface area contributed by atoms with Gasteiger partial charge in [0.15, 0.2) is 0 Å². The summed E-state index contributed by atoms with van der Waals surface area (Å²) < 4.78 is 32.1. The van der Waals surface area contributed by atoms with Gasteiger partial charge in [0.25, 0.3) is 0 Å². The Morgan fingerprint density at radius 3 is 2.45 bits per heavy atom. The van der Waals surface area contributed by atoms with Crippen LogP contribution in [0.2, 0.25) is 0 Å². The van der Waals surface area contributed by atoms with Gasteiger partial charge in [-0.2, -0.15) is 4.31 Å². The minimum absolute atomic E-state index is 0.191. The molecule has 2 rings (SSSR count). The zero-order chi connectivity index (χ0) is 14.6. The van der Waals surface area contributed by atoms with E-state index >= 15 is 0 Å². The highest BCUT2D eigenvalue weighted by Gasteiger charge is 2.36. The Kier molecular flexibility index (Phi) is 5.01. The Hall–Kier alpha value is -1.11. The Balaban J connectivity index is 2.08. The maximum atomic E-state index is 12.5. The molecule has 0 saturated heterocycles.